The second kappa shape index (κ2) is 8.30. The Kier molecular flexibility index (Phi) is 5.24. The zero-order valence-electron chi connectivity index (χ0n) is 15.1. The van der Waals surface area contributed by atoms with Gasteiger partial charge in [-0.25, -0.2) is 4.79 Å². The van der Waals surface area contributed by atoms with Crippen LogP contribution in [-0.2, 0) is 11.2 Å². The average molecular weight is 374 g/mol. The zero-order valence-corrected chi connectivity index (χ0v) is 15.1. The molecule has 0 aliphatic rings. The van der Waals surface area contributed by atoms with E-state index >= 15 is 0 Å². The van der Waals surface area contributed by atoms with Gasteiger partial charge in [-0.15, -0.1) is 0 Å². The summed E-state index contributed by atoms with van der Waals surface area (Å²) in [5, 5.41) is 3.94. The number of ether oxygens (including phenoxy) is 1. The van der Waals surface area contributed by atoms with E-state index in [9.17, 15) is 4.79 Å². The van der Waals surface area contributed by atoms with Crippen LogP contribution in [0, 0.1) is 0 Å². The molecule has 0 aliphatic heterocycles. The van der Waals surface area contributed by atoms with E-state index in [0.717, 1.165) is 11.3 Å². The molecule has 3 heterocycles. The molecule has 0 fully saturated rings. The Balaban J connectivity index is 1.25. The molecule has 0 radical (unpaired) electrons. The summed E-state index contributed by atoms with van der Waals surface area (Å²) in [6.07, 6.45) is 8.40. The van der Waals surface area contributed by atoms with E-state index in [4.69, 9.17) is 9.26 Å². The van der Waals surface area contributed by atoms with Gasteiger partial charge in [-0.1, -0.05) is 5.16 Å². The third kappa shape index (κ3) is 4.15. The van der Waals surface area contributed by atoms with E-state index in [-0.39, 0.29) is 12.6 Å². The highest BCUT2D eigenvalue weighted by Crippen LogP contribution is 2.15. The zero-order chi connectivity index (χ0) is 19.2. The van der Waals surface area contributed by atoms with Crippen LogP contribution in [0.3, 0.4) is 0 Å². The van der Waals surface area contributed by atoms with Gasteiger partial charge in [0.2, 0.25) is 11.7 Å². The Hall–Kier alpha value is -3.74. The summed E-state index contributed by atoms with van der Waals surface area (Å²) in [4.78, 5) is 20.5. The molecule has 0 atom stereocenters. The third-order valence-electron chi connectivity index (χ3n) is 4.16. The predicted molar refractivity (Wildman–Crippen MR) is 102 cm³/mol. The highest BCUT2D eigenvalue weighted by molar-refractivity contribution is 5.89. The lowest BCUT2D eigenvalue weighted by molar-refractivity contribution is 0.0498. The number of rotatable bonds is 7. The Morgan fingerprint density at radius 1 is 1.07 bits per heavy atom. The number of aromatic nitrogens is 4. The lowest BCUT2D eigenvalue weighted by Crippen LogP contribution is -2.07. The van der Waals surface area contributed by atoms with Crippen molar-refractivity contribution in [1.82, 2.24) is 19.7 Å². The van der Waals surface area contributed by atoms with Crippen molar-refractivity contribution >= 4 is 5.97 Å². The van der Waals surface area contributed by atoms with Crippen molar-refractivity contribution in [3.8, 4) is 17.1 Å². The summed E-state index contributed by atoms with van der Waals surface area (Å²) >= 11 is 0. The molecule has 7 nitrogen and oxygen atoms in total. The fraction of sp³-hybridized carbons (Fsp3) is 0.143. The van der Waals surface area contributed by atoms with E-state index in [1.54, 1.807) is 24.5 Å². The molecule has 0 aliphatic carbocycles. The minimum atomic E-state index is -0.347. The Labute approximate surface area is 161 Å². The molecule has 0 saturated heterocycles. The first kappa shape index (κ1) is 17.7. The molecule has 4 rings (SSSR count). The number of hydrogen-bond acceptors (Lipinski definition) is 6. The number of nitrogens with zero attached hydrogens (tertiary/aromatic N) is 4. The van der Waals surface area contributed by atoms with Crippen LogP contribution in [0.25, 0.3) is 17.1 Å². The van der Waals surface area contributed by atoms with E-state index in [1.165, 1.54) is 0 Å². The highest BCUT2D eigenvalue weighted by Gasteiger charge is 2.10. The maximum Gasteiger partial charge on any atom is 0.338 e. The summed E-state index contributed by atoms with van der Waals surface area (Å²) < 4.78 is 12.5. The molecule has 0 bridgehead atoms. The van der Waals surface area contributed by atoms with Gasteiger partial charge in [0.1, 0.15) is 0 Å². The van der Waals surface area contributed by atoms with Gasteiger partial charge in [-0.2, -0.15) is 4.98 Å². The minimum Gasteiger partial charge on any atom is -0.462 e. The van der Waals surface area contributed by atoms with Gasteiger partial charge < -0.3 is 13.8 Å². The monoisotopic (exact) mass is 374 g/mol. The van der Waals surface area contributed by atoms with Crippen molar-refractivity contribution < 1.29 is 14.1 Å². The fourth-order valence-corrected chi connectivity index (χ4v) is 2.72. The van der Waals surface area contributed by atoms with E-state index in [2.05, 4.69) is 15.1 Å². The summed E-state index contributed by atoms with van der Waals surface area (Å²) in [5.74, 6) is 0.662. The minimum absolute atomic E-state index is 0.281. The molecule has 0 amide bonds. The normalized spacial score (nSPS) is 10.7. The average Bonchev–Trinajstić information content (AvgIpc) is 3.44. The smallest absolute Gasteiger partial charge is 0.338 e. The second-order valence-corrected chi connectivity index (χ2v) is 6.13. The molecule has 28 heavy (non-hydrogen) atoms. The van der Waals surface area contributed by atoms with Crippen molar-refractivity contribution in [2.75, 3.05) is 6.61 Å². The quantitative estimate of drug-likeness (QED) is 0.362. The van der Waals surface area contributed by atoms with Gasteiger partial charge in [0, 0.05) is 42.5 Å². The lowest BCUT2D eigenvalue weighted by Gasteiger charge is -2.06. The maximum atomic E-state index is 12.2. The topological polar surface area (TPSA) is 83.0 Å². The van der Waals surface area contributed by atoms with Gasteiger partial charge in [0.05, 0.1) is 12.2 Å². The van der Waals surface area contributed by atoms with Gasteiger partial charge in [0.25, 0.3) is 0 Å². The van der Waals surface area contributed by atoms with Crippen molar-refractivity contribution in [2.45, 2.75) is 12.8 Å². The number of esters is 1. The second-order valence-electron chi connectivity index (χ2n) is 6.13. The fourth-order valence-electron chi connectivity index (χ4n) is 2.72. The number of hydrogen-bond donors (Lipinski definition) is 0. The largest absolute Gasteiger partial charge is 0.462 e. The molecular formula is C21H18N4O3. The molecule has 0 saturated carbocycles. The Morgan fingerprint density at radius 3 is 2.64 bits per heavy atom. The molecule has 4 aromatic rings. The number of carbonyl (C=O) groups is 1. The van der Waals surface area contributed by atoms with E-state index < -0.39 is 0 Å². The van der Waals surface area contributed by atoms with Crippen LogP contribution in [0.4, 0.5) is 0 Å². The molecule has 0 unspecified atom stereocenters. The highest BCUT2D eigenvalue weighted by atomic mass is 16.5. The molecule has 0 spiro atoms. The predicted octanol–water partition coefficient (Wildman–Crippen LogP) is 3.71. The van der Waals surface area contributed by atoms with E-state index in [0.29, 0.717) is 30.1 Å². The number of benzene rings is 1. The van der Waals surface area contributed by atoms with Crippen LogP contribution in [0.15, 0.2) is 77.8 Å². The summed E-state index contributed by atoms with van der Waals surface area (Å²) in [6.45, 7) is 0.281. The van der Waals surface area contributed by atoms with E-state index in [1.807, 2.05) is 53.4 Å². The van der Waals surface area contributed by atoms with Crippen molar-refractivity contribution in [2.24, 2.45) is 0 Å². The lowest BCUT2D eigenvalue weighted by atomic mass is 10.2. The SMILES string of the molecule is O=C(OCCCc1nc(-c2cccnc2)no1)c1ccc(-n2cccc2)cc1. The molecule has 1 aromatic carbocycles. The van der Waals surface area contributed by atoms with Crippen molar-refractivity contribution in [3.05, 3.63) is 84.8 Å². The van der Waals surface area contributed by atoms with Crippen LogP contribution in [0.2, 0.25) is 0 Å². The van der Waals surface area contributed by atoms with Gasteiger partial charge in [-0.05, 0) is 55.0 Å². The standard InChI is InChI=1S/C21H18N4O3/c26-21(16-7-9-18(10-8-16)25-12-1-2-13-25)27-14-4-6-19-23-20(24-28-19)17-5-3-11-22-15-17/h1-3,5,7-13,15H,4,6,14H2. The molecule has 7 heteroatoms. The summed E-state index contributed by atoms with van der Waals surface area (Å²) in [6, 6.07) is 14.9. The van der Waals surface area contributed by atoms with Crippen molar-refractivity contribution in [3.63, 3.8) is 0 Å². The van der Waals surface area contributed by atoms with Crippen LogP contribution in [0.1, 0.15) is 22.7 Å². The molecular weight excluding hydrogens is 356 g/mol. The Morgan fingerprint density at radius 2 is 1.89 bits per heavy atom. The third-order valence-corrected chi connectivity index (χ3v) is 4.16. The van der Waals surface area contributed by atoms with Gasteiger partial charge in [-0.3, -0.25) is 4.98 Å². The molecule has 140 valence electrons. The molecule has 0 N–H and O–H groups in total. The van der Waals surface area contributed by atoms with Crippen LogP contribution in [-0.4, -0.2) is 32.3 Å². The first-order chi connectivity index (χ1) is 13.8. The van der Waals surface area contributed by atoms with Gasteiger partial charge in [0.15, 0.2) is 0 Å². The first-order valence-corrected chi connectivity index (χ1v) is 8.93. The summed E-state index contributed by atoms with van der Waals surface area (Å²) in [7, 11) is 0. The van der Waals surface area contributed by atoms with Crippen LogP contribution in [0.5, 0.6) is 0 Å². The molecule has 3 aromatic heterocycles. The number of carbonyl (C=O) groups excluding carboxylic acids is 1. The van der Waals surface area contributed by atoms with Crippen LogP contribution < -0.4 is 0 Å². The summed E-state index contributed by atoms with van der Waals surface area (Å²) in [5.41, 5.74) is 2.31. The number of pyridine rings is 1. The maximum absolute atomic E-state index is 12.2. The Bertz CT molecular complexity index is 1030. The first-order valence-electron chi connectivity index (χ1n) is 8.93. The van der Waals surface area contributed by atoms with Crippen molar-refractivity contribution in [1.29, 1.82) is 0 Å². The van der Waals surface area contributed by atoms with Gasteiger partial charge >= 0.3 is 5.97 Å². The number of aryl methyl sites for hydroxylation is 1. The van der Waals surface area contributed by atoms with Crippen LogP contribution >= 0.6 is 0 Å².